The van der Waals surface area contributed by atoms with Gasteiger partial charge >= 0.3 is 0 Å². The number of sulfonamides is 1. The number of fused-ring (bicyclic) bond motifs is 1. The molecule has 0 atom stereocenters. The van der Waals surface area contributed by atoms with Gasteiger partial charge in [0.05, 0.1) is 7.11 Å². The molecular weight excluding hydrogens is 464 g/mol. The van der Waals surface area contributed by atoms with E-state index in [4.69, 9.17) is 16.3 Å². The number of aryl methyl sites for hydroxylation is 1. The van der Waals surface area contributed by atoms with Crippen LogP contribution in [0.4, 0.5) is 11.4 Å². The van der Waals surface area contributed by atoms with Crippen LogP contribution in [0.5, 0.6) is 5.75 Å². The Bertz CT molecular complexity index is 1430. The number of nitrogens with one attached hydrogen (secondary N) is 2. The Balaban J connectivity index is 1.66. The first-order valence-corrected chi connectivity index (χ1v) is 11.7. The van der Waals surface area contributed by atoms with Gasteiger partial charge in [-0.2, -0.15) is 0 Å². The van der Waals surface area contributed by atoms with E-state index in [-0.39, 0.29) is 32.5 Å². The second kappa shape index (κ2) is 8.73. The van der Waals surface area contributed by atoms with Gasteiger partial charge in [-0.05, 0) is 36.8 Å². The largest absolute Gasteiger partial charge is 0.495 e. The molecule has 4 rings (SSSR count). The number of anilines is 2. The van der Waals surface area contributed by atoms with Gasteiger partial charge in [0.15, 0.2) is 0 Å². The molecule has 1 aliphatic carbocycles. The average Bonchev–Trinajstić information content (AvgIpc) is 2.80. The summed E-state index contributed by atoms with van der Waals surface area (Å²) in [6, 6.07) is 17.6. The highest BCUT2D eigenvalue weighted by atomic mass is 35.5. The van der Waals surface area contributed by atoms with Crippen molar-refractivity contribution in [3.05, 3.63) is 94.1 Å². The Hall–Kier alpha value is -3.62. The summed E-state index contributed by atoms with van der Waals surface area (Å²) >= 11 is 6.20. The van der Waals surface area contributed by atoms with Crippen LogP contribution in [0.25, 0.3) is 0 Å². The van der Waals surface area contributed by atoms with Crippen molar-refractivity contribution in [2.75, 3.05) is 17.1 Å². The molecule has 0 bridgehead atoms. The van der Waals surface area contributed by atoms with Gasteiger partial charge in [0.25, 0.3) is 10.0 Å². The molecule has 3 aromatic rings. The predicted octanol–water partition coefficient (Wildman–Crippen LogP) is 4.75. The fourth-order valence-corrected chi connectivity index (χ4v) is 4.92. The van der Waals surface area contributed by atoms with Crippen LogP contribution in [0.15, 0.2) is 82.4 Å². The molecule has 168 valence electrons. The van der Waals surface area contributed by atoms with Crippen LogP contribution in [-0.2, 0) is 10.0 Å². The first kappa shape index (κ1) is 22.6. The van der Waals surface area contributed by atoms with E-state index < -0.39 is 21.6 Å². The van der Waals surface area contributed by atoms with E-state index in [2.05, 4.69) is 10.0 Å². The molecule has 0 saturated carbocycles. The summed E-state index contributed by atoms with van der Waals surface area (Å²) in [5, 5.41) is 2.60. The Morgan fingerprint density at radius 2 is 1.55 bits per heavy atom. The Kier molecular flexibility index (Phi) is 5.97. The van der Waals surface area contributed by atoms with Gasteiger partial charge in [-0.25, -0.2) is 8.42 Å². The highest BCUT2D eigenvalue weighted by molar-refractivity contribution is 7.92. The third kappa shape index (κ3) is 4.35. The second-order valence-corrected chi connectivity index (χ2v) is 9.39. The number of methoxy groups -OCH3 is 1. The molecular formula is C24H19ClN2O5S. The minimum atomic E-state index is -3.95. The number of allylic oxidation sites excluding steroid dienone is 2. The van der Waals surface area contributed by atoms with Gasteiger partial charge in [-0.15, -0.1) is 0 Å². The predicted molar refractivity (Wildman–Crippen MR) is 127 cm³/mol. The normalized spacial score (nSPS) is 13.5. The number of ether oxygens (including phenoxy) is 1. The first-order chi connectivity index (χ1) is 15.7. The number of carbonyl (C=O) groups is 2. The van der Waals surface area contributed by atoms with Gasteiger partial charge < -0.3 is 10.1 Å². The summed E-state index contributed by atoms with van der Waals surface area (Å²) in [5.74, 6) is -0.860. The van der Waals surface area contributed by atoms with Crippen molar-refractivity contribution in [2.45, 2.75) is 11.8 Å². The first-order valence-electron chi connectivity index (χ1n) is 9.84. The van der Waals surface area contributed by atoms with E-state index >= 15 is 0 Å². The van der Waals surface area contributed by atoms with Crippen molar-refractivity contribution in [3.63, 3.8) is 0 Å². The molecule has 0 spiro atoms. The maximum Gasteiger partial charge on any atom is 0.265 e. The molecule has 2 N–H and O–H groups in total. The monoisotopic (exact) mass is 482 g/mol. The molecule has 0 unspecified atom stereocenters. The van der Waals surface area contributed by atoms with E-state index in [1.807, 2.05) is 13.0 Å². The van der Waals surface area contributed by atoms with Crippen molar-refractivity contribution in [2.24, 2.45) is 0 Å². The minimum absolute atomic E-state index is 0.0480. The molecule has 3 aromatic carbocycles. The number of Topliss-reactive ketones (excluding diaryl/α,β-unsaturated/α-hetero) is 2. The number of rotatable bonds is 6. The van der Waals surface area contributed by atoms with E-state index in [0.717, 1.165) is 5.56 Å². The lowest BCUT2D eigenvalue weighted by molar-refractivity contribution is 0.0982. The lowest BCUT2D eigenvalue weighted by Gasteiger charge is -2.19. The van der Waals surface area contributed by atoms with Gasteiger partial charge in [-0.3, -0.25) is 14.3 Å². The van der Waals surface area contributed by atoms with E-state index in [9.17, 15) is 18.0 Å². The molecule has 33 heavy (non-hydrogen) atoms. The SMILES string of the molecule is COc1cc(NC2=C(Cl)C(=O)c3ccccc3C2=O)ccc1S(=O)(=O)Nc1cccc(C)c1. The lowest BCUT2D eigenvalue weighted by atomic mass is 9.92. The van der Waals surface area contributed by atoms with Gasteiger partial charge in [0.1, 0.15) is 21.4 Å². The summed E-state index contributed by atoms with van der Waals surface area (Å²) in [4.78, 5) is 25.4. The molecule has 0 aromatic heterocycles. The van der Waals surface area contributed by atoms with E-state index in [0.29, 0.717) is 11.4 Å². The summed E-state index contributed by atoms with van der Waals surface area (Å²) in [5.41, 5.74) is 2.04. The number of benzene rings is 3. The van der Waals surface area contributed by atoms with Crippen molar-refractivity contribution >= 4 is 44.6 Å². The van der Waals surface area contributed by atoms with Gasteiger partial charge in [-0.1, -0.05) is 48.0 Å². The maximum absolute atomic E-state index is 12.9. The zero-order valence-electron chi connectivity index (χ0n) is 17.7. The summed E-state index contributed by atoms with van der Waals surface area (Å²) in [6.45, 7) is 1.86. The van der Waals surface area contributed by atoms with Crippen LogP contribution in [0.1, 0.15) is 26.3 Å². The van der Waals surface area contributed by atoms with Crippen molar-refractivity contribution in [1.82, 2.24) is 0 Å². The molecule has 0 amide bonds. The number of ketones is 2. The Labute approximate surface area is 196 Å². The van der Waals surface area contributed by atoms with E-state index in [1.54, 1.807) is 42.5 Å². The van der Waals surface area contributed by atoms with Crippen LogP contribution in [0.3, 0.4) is 0 Å². The number of carbonyl (C=O) groups excluding carboxylic acids is 2. The Morgan fingerprint density at radius 1 is 0.848 bits per heavy atom. The van der Waals surface area contributed by atoms with Crippen LogP contribution < -0.4 is 14.8 Å². The molecule has 7 nitrogen and oxygen atoms in total. The fraction of sp³-hybridized carbons (Fsp3) is 0.0833. The van der Waals surface area contributed by atoms with Crippen LogP contribution in [-0.4, -0.2) is 27.1 Å². The second-order valence-electron chi connectivity index (χ2n) is 7.36. The van der Waals surface area contributed by atoms with E-state index in [1.165, 1.54) is 25.3 Å². The minimum Gasteiger partial charge on any atom is -0.495 e. The highest BCUT2D eigenvalue weighted by Crippen LogP contribution is 2.33. The smallest absolute Gasteiger partial charge is 0.265 e. The summed E-state index contributed by atoms with van der Waals surface area (Å²) < 4.78 is 33.7. The highest BCUT2D eigenvalue weighted by Gasteiger charge is 2.31. The van der Waals surface area contributed by atoms with Crippen molar-refractivity contribution < 1.29 is 22.7 Å². The standard InChI is InChI=1S/C24H19ClN2O5S/c1-14-6-5-7-16(12-14)27-33(30,31)20-11-10-15(13-19(20)32-2)26-22-21(25)23(28)17-8-3-4-9-18(17)24(22)29/h3-13,26-27H,1-2H3. The fourth-order valence-electron chi connectivity index (χ4n) is 3.49. The van der Waals surface area contributed by atoms with Crippen LogP contribution >= 0.6 is 11.6 Å². The average molecular weight is 483 g/mol. The zero-order valence-corrected chi connectivity index (χ0v) is 19.3. The number of hydrogen-bond donors (Lipinski definition) is 2. The third-order valence-corrected chi connectivity index (χ3v) is 6.84. The third-order valence-electron chi connectivity index (χ3n) is 5.05. The van der Waals surface area contributed by atoms with Crippen molar-refractivity contribution in [1.29, 1.82) is 0 Å². The number of halogens is 1. The maximum atomic E-state index is 12.9. The topological polar surface area (TPSA) is 102 Å². The molecule has 1 aliphatic rings. The summed E-state index contributed by atoms with van der Waals surface area (Å²) in [7, 11) is -2.62. The molecule has 0 aliphatic heterocycles. The van der Waals surface area contributed by atoms with Gasteiger partial charge in [0.2, 0.25) is 11.6 Å². The molecule has 0 heterocycles. The summed E-state index contributed by atoms with van der Waals surface area (Å²) in [6.07, 6.45) is 0. The van der Waals surface area contributed by atoms with Crippen LogP contribution in [0, 0.1) is 6.92 Å². The Morgan fingerprint density at radius 3 is 2.21 bits per heavy atom. The van der Waals surface area contributed by atoms with Crippen molar-refractivity contribution in [3.8, 4) is 5.75 Å². The molecule has 0 radical (unpaired) electrons. The molecule has 9 heteroatoms. The molecule has 0 saturated heterocycles. The lowest BCUT2D eigenvalue weighted by Crippen LogP contribution is -2.24. The zero-order chi connectivity index (χ0) is 23.8. The van der Waals surface area contributed by atoms with Crippen LogP contribution in [0.2, 0.25) is 0 Å². The quantitative estimate of drug-likeness (QED) is 0.526. The number of hydrogen-bond acceptors (Lipinski definition) is 6. The van der Waals surface area contributed by atoms with Gasteiger partial charge in [0, 0.05) is 28.6 Å². The molecule has 0 fully saturated rings.